The zero-order chi connectivity index (χ0) is 12.3. The van der Waals surface area contributed by atoms with Crippen LogP contribution in [0.15, 0.2) is 28.9 Å². The predicted octanol–water partition coefficient (Wildman–Crippen LogP) is 3.58. The number of aromatic nitrogens is 1. The van der Waals surface area contributed by atoms with Gasteiger partial charge in [0.15, 0.2) is 0 Å². The molecule has 0 bridgehead atoms. The van der Waals surface area contributed by atoms with E-state index in [0.717, 1.165) is 19.5 Å². The van der Waals surface area contributed by atoms with Gasteiger partial charge in [-0.15, -0.1) is 0 Å². The van der Waals surface area contributed by atoms with Crippen LogP contribution >= 0.6 is 15.9 Å². The third-order valence-corrected chi connectivity index (χ3v) is 3.81. The van der Waals surface area contributed by atoms with Crippen molar-refractivity contribution in [1.82, 2.24) is 9.88 Å². The van der Waals surface area contributed by atoms with Gasteiger partial charge in [-0.2, -0.15) is 0 Å². The molecule has 1 N–H and O–H groups in total. The van der Waals surface area contributed by atoms with Crippen LogP contribution in [-0.4, -0.2) is 18.2 Å². The fourth-order valence-electron chi connectivity index (χ4n) is 2.30. The normalized spacial score (nSPS) is 11.2. The monoisotopic (exact) mass is 294 g/mol. The summed E-state index contributed by atoms with van der Waals surface area (Å²) in [4.78, 5) is 0. The summed E-state index contributed by atoms with van der Waals surface area (Å²) < 4.78 is 3.54. The molecule has 2 aromatic rings. The second-order valence-corrected chi connectivity index (χ2v) is 5.14. The first kappa shape index (κ1) is 12.7. The summed E-state index contributed by atoms with van der Waals surface area (Å²) in [5, 5.41) is 4.58. The van der Waals surface area contributed by atoms with Crippen LogP contribution < -0.4 is 5.32 Å². The molecule has 0 aliphatic heterocycles. The highest BCUT2D eigenvalue weighted by Crippen LogP contribution is 2.29. The van der Waals surface area contributed by atoms with Crippen molar-refractivity contribution < 1.29 is 0 Å². The zero-order valence-corrected chi connectivity index (χ0v) is 12.0. The van der Waals surface area contributed by atoms with Crippen LogP contribution in [-0.2, 0) is 13.0 Å². The molecule has 2 nitrogen and oxygen atoms in total. The molecule has 0 radical (unpaired) electrons. The van der Waals surface area contributed by atoms with E-state index in [1.165, 1.54) is 27.4 Å². The molecule has 3 heteroatoms. The van der Waals surface area contributed by atoms with Crippen LogP contribution in [0.5, 0.6) is 0 Å². The minimum atomic E-state index is 1.03. The lowest BCUT2D eigenvalue weighted by atomic mass is 10.1. The van der Waals surface area contributed by atoms with Crippen molar-refractivity contribution in [1.29, 1.82) is 0 Å². The quantitative estimate of drug-likeness (QED) is 0.834. The Morgan fingerprint density at radius 1 is 1.35 bits per heavy atom. The maximum absolute atomic E-state index is 3.67. The molecule has 0 saturated carbocycles. The van der Waals surface area contributed by atoms with Crippen molar-refractivity contribution in [2.24, 2.45) is 0 Å². The van der Waals surface area contributed by atoms with Crippen LogP contribution in [0.1, 0.15) is 18.9 Å². The van der Waals surface area contributed by atoms with Gasteiger partial charge in [-0.3, -0.25) is 0 Å². The average molecular weight is 295 g/mol. The van der Waals surface area contributed by atoms with Gasteiger partial charge in [-0.05, 0) is 51.1 Å². The number of halogens is 1. The van der Waals surface area contributed by atoms with E-state index in [0.29, 0.717) is 0 Å². The number of rotatable bonds is 5. The SMILES string of the molecule is CCn1cc(CCCNC)c2c(Br)cccc21. The van der Waals surface area contributed by atoms with E-state index in [9.17, 15) is 0 Å². The van der Waals surface area contributed by atoms with Gasteiger partial charge < -0.3 is 9.88 Å². The first-order chi connectivity index (χ1) is 8.27. The number of nitrogens with one attached hydrogen (secondary N) is 1. The lowest BCUT2D eigenvalue weighted by Gasteiger charge is -2.01. The molecule has 0 atom stereocenters. The smallest absolute Gasteiger partial charge is 0.0494 e. The van der Waals surface area contributed by atoms with Gasteiger partial charge >= 0.3 is 0 Å². The van der Waals surface area contributed by atoms with E-state index in [4.69, 9.17) is 0 Å². The molecule has 0 amide bonds. The fourth-order valence-corrected chi connectivity index (χ4v) is 2.91. The Balaban J connectivity index is 2.40. The third-order valence-electron chi connectivity index (χ3n) is 3.15. The molecule has 17 heavy (non-hydrogen) atoms. The van der Waals surface area contributed by atoms with Gasteiger partial charge in [-0.1, -0.05) is 22.0 Å². The van der Waals surface area contributed by atoms with E-state index in [1.807, 2.05) is 7.05 Å². The zero-order valence-electron chi connectivity index (χ0n) is 10.5. The van der Waals surface area contributed by atoms with Gasteiger partial charge in [0, 0.05) is 28.1 Å². The maximum Gasteiger partial charge on any atom is 0.0494 e. The molecule has 0 spiro atoms. The van der Waals surface area contributed by atoms with Crippen LogP contribution in [0.2, 0.25) is 0 Å². The van der Waals surface area contributed by atoms with Gasteiger partial charge in [0.05, 0.1) is 0 Å². The lowest BCUT2D eigenvalue weighted by molar-refractivity contribution is 0.721. The standard InChI is InChI=1S/C14H19BrN2/c1-3-17-10-11(6-5-9-16-2)14-12(15)7-4-8-13(14)17/h4,7-8,10,16H,3,5-6,9H2,1-2H3. The van der Waals surface area contributed by atoms with Crippen LogP contribution in [0, 0.1) is 0 Å². The second kappa shape index (κ2) is 5.69. The van der Waals surface area contributed by atoms with Gasteiger partial charge in [0.25, 0.3) is 0 Å². The highest BCUT2D eigenvalue weighted by atomic mass is 79.9. The predicted molar refractivity (Wildman–Crippen MR) is 77.6 cm³/mol. The van der Waals surface area contributed by atoms with Crippen molar-refractivity contribution in [3.63, 3.8) is 0 Å². The molecule has 0 aliphatic carbocycles. The first-order valence-corrected chi connectivity index (χ1v) is 6.98. The third kappa shape index (κ3) is 2.55. The van der Waals surface area contributed by atoms with Crippen LogP contribution in [0.3, 0.4) is 0 Å². The molecular weight excluding hydrogens is 276 g/mol. The summed E-state index contributed by atoms with van der Waals surface area (Å²) in [5.41, 5.74) is 2.78. The van der Waals surface area contributed by atoms with Crippen LogP contribution in [0.4, 0.5) is 0 Å². The minimum Gasteiger partial charge on any atom is -0.347 e. The van der Waals surface area contributed by atoms with Crippen molar-refractivity contribution in [3.8, 4) is 0 Å². The number of fused-ring (bicyclic) bond motifs is 1. The minimum absolute atomic E-state index is 1.03. The second-order valence-electron chi connectivity index (χ2n) is 4.28. The molecule has 92 valence electrons. The van der Waals surface area contributed by atoms with E-state index in [1.54, 1.807) is 0 Å². The van der Waals surface area contributed by atoms with E-state index < -0.39 is 0 Å². The summed E-state index contributed by atoms with van der Waals surface area (Å²) in [6.07, 6.45) is 4.61. The summed E-state index contributed by atoms with van der Waals surface area (Å²) in [6, 6.07) is 6.44. The Hall–Kier alpha value is -0.800. The molecule has 0 unspecified atom stereocenters. The molecule has 2 rings (SSSR count). The number of hydrogen-bond acceptors (Lipinski definition) is 1. The molecule has 0 fully saturated rings. The molecule has 1 aromatic carbocycles. The van der Waals surface area contributed by atoms with E-state index >= 15 is 0 Å². The summed E-state index contributed by atoms with van der Waals surface area (Å²) in [6.45, 7) is 4.29. The molecule has 0 aliphatic rings. The highest BCUT2D eigenvalue weighted by molar-refractivity contribution is 9.10. The first-order valence-electron chi connectivity index (χ1n) is 6.18. The highest BCUT2D eigenvalue weighted by Gasteiger charge is 2.09. The Morgan fingerprint density at radius 3 is 2.88 bits per heavy atom. The number of benzene rings is 1. The molecule has 0 saturated heterocycles. The van der Waals surface area contributed by atoms with Crippen molar-refractivity contribution in [2.45, 2.75) is 26.3 Å². The number of aryl methyl sites for hydroxylation is 2. The summed E-state index contributed by atoms with van der Waals surface area (Å²) >= 11 is 3.67. The Morgan fingerprint density at radius 2 is 2.18 bits per heavy atom. The molecule has 1 heterocycles. The Kier molecular flexibility index (Phi) is 4.24. The van der Waals surface area contributed by atoms with Crippen molar-refractivity contribution in [2.75, 3.05) is 13.6 Å². The number of hydrogen-bond donors (Lipinski definition) is 1. The summed E-state index contributed by atoms with van der Waals surface area (Å²) in [5.74, 6) is 0. The average Bonchev–Trinajstić information content (AvgIpc) is 2.69. The Labute approximate surface area is 111 Å². The fraction of sp³-hybridized carbons (Fsp3) is 0.429. The largest absolute Gasteiger partial charge is 0.347 e. The summed E-state index contributed by atoms with van der Waals surface area (Å²) in [7, 11) is 2.01. The van der Waals surface area contributed by atoms with Crippen molar-refractivity contribution >= 4 is 26.8 Å². The van der Waals surface area contributed by atoms with E-state index in [2.05, 4.69) is 57.1 Å². The topological polar surface area (TPSA) is 17.0 Å². The van der Waals surface area contributed by atoms with Gasteiger partial charge in [0.2, 0.25) is 0 Å². The van der Waals surface area contributed by atoms with Crippen molar-refractivity contribution in [3.05, 3.63) is 34.4 Å². The number of nitrogens with zero attached hydrogens (tertiary/aromatic N) is 1. The lowest BCUT2D eigenvalue weighted by Crippen LogP contribution is -2.08. The maximum atomic E-state index is 3.67. The Bertz CT molecular complexity index is 502. The molecule has 1 aromatic heterocycles. The van der Waals surface area contributed by atoms with Gasteiger partial charge in [0.1, 0.15) is 0 Å². The van der Waals surface area contributed by atoms with Crippen LogP contribution in [0.25, 0.3) is 10.9 Å². The molecular formula is C14H19BrN2. The van der Waals surface area contributed by atoms with E-state index in [-0.39, 0.29) is 0 Å². The van der Waals surface area contributed by atoms with Gasteiger partial charge in [-0.25, -0.2) is 0 Å².